The number of carbonyl (C=O) groups excluding carboxylic acids is 1. The van der Waals surface area contributed by atoms with Crippen LogP contribution in [0.25, 0.3) is 11.4 Å². The van der Waals surface area contributed by atoms with Gasteiger partial charge in [0.1, 0.15) is 0 Å². The molecular weight excluding hydrogens is 362 g/mol. The van der Waals surface area contributed by atoms with Crippen LogP contribution in [0, 0.1) is 0 Å². The molecule has 0 aliphatic heterocycles. The number of hydrogen-bond acceptors (Lipinski definition) is 7. The van der Waals surface area contributed by atoms with E-state index >= 15 is 0 Å². The molecule has 0 radical (unpaired) electrons. The van der Waals surface area contributed by atoms with Crippen molar-refractivity contribution < 1.29 is 9.32 Å². The van der Waals surface area contributed by atoms with Crippen molar-refractivity contribution in [2.45, 2.75) is 5.75 Å². The van der Waals surface area contributed by atoms with E-state index in [9.17, 15) is 4.79 Å². The van der Waals surface area contributed by atoms with Crippen molar-refractivity contribution in [3.63, 3.8) is 0 Å². The summed E-state index contributed by atoms with van der Waals surface area (Å²) in [7, 11) is 0. The average Bonchev–Trinajstić information content (AvgIpc) is 3.10. The van der Waals surface area contributed by atoms with Gasteiger partial charge in [-0.1, -0.05) is 28.9 Å². The topological polar surface area (TPSA) is 92.9 Å². The van der Waals surface area contributed by atoms with Crippen molar-refractivity contribution in [1.82, 2.24) is 20.6 Å². The normalized spacial score (nSPS) is 10.4. The molecule has 0 atom stereocenters. The van der Waals surface area contributed by atoms with Crippen molar-refractivity contribution in [2.75, 3.05) is 11.2 Å². The highest BCUT2D eigenvalue weighted by molar-refractivity contribution is 7.99. The monoisotopic (exact) mass is 375 g/mol. The van der Waals surface area contributed by atoms with E-state index in [0.717, 1.165) is 11.1 Å². The zero-order valence-corrected chi connectivity index (χ0v) is 14.5. The Morgan fingerprint density at radius 1 is 1.24 bits per heavy atom. The van der Waals surface area contributed by atoms with Gasteiger partial charge in [0.15, 0.2) is 0 Å². The molecule has 2 heterocycles. The largest absolute Gasteiger partial charge is 0.340 e. The van der Waals surface area contributed by atoms with Gasteiger partial charge >= 0.3 is 6.01 Å². The van der Waals surface area contributed by atoms with Gasteiger partial charge in [-0.05, 0) is 29.8 Å². The van der Waals surface area contributed by atoms with E-state index in [1.54, 1.807) is 24.5 Å². The van der Waals surface area contributed by atoms with Gasteiger partial charge in [-0.2, -0.15) is 4.98 Å². The summed E-state index contributed by atoms with van der Waals surface area (Å²) in [6.07, 6.45) is 3.27. The Kier molecular flexibility index (Phi) is 5.86. The second-order valence-corrected chi connectivity index (χ2v) is 6.38. The van der Waals surface area contributed by atoms with Crippen LogP contribution in [-0.2, 0) is 10.5 Å². The summed E-state index contributed by atoms with van der Waals surface area (Å²) in [5.74, 6) is 1.19. The van der Waals surface area contributed by atoms with Crippen molar-refractivity contribution >= 4 is 35.3 Å². The molecule has 1 aromatic carbocycles. The number of nitrogens with zero attached hydrogens (tertiary/aromatic N) is 3. The number of anilines is 1. The third-order valence-electron chi connectivity index (χ3n) is 3.06. The summed E-state index contributed by atoms with van der Waals surface area (Å²) >= 11 is 7.40. The SMILES string of the molecule is O=C(CSCc1cccc(Cl)c1)NNc1nc(-c2ccncc2)no1. The Labute approximate surface area is 153 Å². The number of pyridine rings is 1. The van der Waals surface area contributed by atoms with E-state index in [-0.39, 0.29) is 17.7 Å². The zero-order chi connectivity index (χ0) is 17.5. The fraction of sp³-hybridized carbons (Fsp3) is 0.125. The van der Waals surface area contributed by atoms with Gasteiger partial charge in [-0.3, -0.25) is 15.2 Å². The molecule has 3 rings (SSSR count). The standard InChI is InChI=1S/C16H14ClN5O2S/c17-13-3-1-2-11(8-13)9-25-10-14(23)20-21-16-19-15(22-24-16)12-4-6-18-7-5-12/h1-8H,9-10H2,(H,20,23)(H,19,21,22). The molecular formula is C16H14ClN5O2S. The summed E-state index contributed by atoms with van der Waals surface area (Å²) in [5, 5.41) is 4.51. The molecule has 0 aliphatic carbocycles. The van der Waals surface area contributed by atoms with E-state index in [0.29, 0.717) is 16.6 Å². The Balaban J connectivity index is 1.43. The predicted molar refractivity (Wildman–Crippen MR) is 96.9 cm³/mol. The van der Waals surface area contributed by atoms with Crippen molar-refractivity contribution in [3.8, 4) is 11.4 Å². The fourth-order valence-electron chi connectivity index (χ4n) is 1.94. The van der Waals surface area contributed by atoms with E-state index in [1.165, 1.54) is 11.8 Å². The highest BCUT2D eigenvalue weighted by Crippen LogP contribution is 2.17. The lowest BCUT2D eigenvalue weighted by Gasteiger charge is -2.04. The van der Waals surface area contributed by atoms with Crippen LogP contribution in [0.1, 0.15) is 5.56 Å². The van der Waals surface area contributed by atoms with Crippen LogP contribution in [0.4, 0.5) is 6.01 Å². The maximum atomic E-state index is 11.8. The maximum absolute atomic E-state index is 11.8. The van der Waals surface area contributed by atoms with Crippen LogP contribution in [-0.4, -0.2) is 26.8 Å². The minimum atomic E-state index is -0.198. The fourth-order valence-corrected chi connectivity index (χ4v) is 2.93. The summed E-state index contributed by atoms with van der Waals surface area (Å²) in [6.45, 7) is 0. The molecule has 0 saturated carbocycles. The molecule has 0 saturated heterocycles. The molecule has 0 unspecified atom stereocenters. The lowest BCUT2D eigenvalue weighted by Crippen LogP contribution is -2.31. The van der Waals surface area contributed by atoms with Crippen LogP contribution in [0.2, 0.25) is 5.02 Å². The number of aromatic nitrogens is 3. The lowest BCUT2D eigenvalue weighted by atomic mass is 10.2. The van der Waals surface area contributed by atoms with E-state index in [1.807, 2.05) is 24.3 Å². The Hall–Kier alpha value is -2.58. The van der Waals surface area contributed by atoms with Gasteiger partial charge in [0, 0.05) is 28.7 Å². The zero-order valence-electron chi connectivity index (χ0n) is 13.0. The van der Waals surface area contributed by atoms with Gasteiger partial charge in [0.25, 0.3) is 0 Å². The average molecular weight is 376 g/mol. The molecule has 3 aromatic rings. The van der Waals surface area contributed by atoms with Crippen molar-refractivity contribution in [2.24, 2.45) is 0 Å². The first kappa shape index (κ1) is 17.2. The first-order valence-corrected chi connectivity index (χ1v) is 8.85. The minimum absolute atomic E-state index is 0.111. The molecule has 7 nitrogen and oxygen atoms in total. The van der Waals surface area contributed by atoms with E-state index in [2.05, 4.69) is 26.0 Å². The number of rotatable bonds is 7. The highest BCUT2D eigenvalue weighted by atomic mass is 35.5. The third-order valence-corrected chi connectivity index (χ3v) is 4.30. The summed E-state index contributed by atoms with van der Waals surface area (Å²) in [5.41, 5.74) is 6.96. The van der Waals surface area contributed by atoms with Gasteiger partial charge in [-0.25, -0.2) is 5.43 Å². The number of amides is 1. The summed E-state index contributed by atoms with van der Waals surface area (Å²) in [4.78, 5) is 19.9. The molecule has 0 aliphatic rings. The lowest BCUT2D eigenvalue weighted by molar-refractivity contribution is -0.118. The van der Waals surface area contributed by atoms with Crippen LogP contribution >= 0.6 is 23.4 Å². The van der Waals surface area contributed by atoms with Gasteiger partial charge in [0.2, 0.25) is 11.7 Å². The highest BCUT2D eigenvalue weighted by Gasteiger charge is 2.09. The number of halogens is 1. The maximum Gasteiger partial charge on any atom is 0.340 e. The predicted octanol–water partition coefficient (Wildman–Crippen LogP) is 3.16. The quantitative estimate of drug-likeness (QED) is 0.612. The summed E-state index contributed by atoms with van der Waals surface area (Å²) in [6, 6.07) is 11.2. The molecule has 25 heavy (non-hydrogen) atoms. The van der Waals surface area contributed by atoms with Crippen LogP contribution < -0.4 is 10.9 Å². The molecule has 0 fully saturated rings. The second-order valence-electron chi connectivity index (χ2n) is 4.95. The Morgan fingerprint density at radius 3 is 2.88 bits per heavy atom. The number of hydrogen-bond donors (Lipinski definition) is 2. The van der Waals surface area contributed by atoms with E-state index < -0.39 is 0 Å². The molecule has 9 heteroatoms. The molecule has 0 bridgehead atoms. The number of thioether (sulfide) groups is 1. The van der Waals surface area contributed by atoms with Gasteiger partial charge < -0.3 is 4.52 Å². The van der Waals surface area contributed by atoms with Crippen LogP contribution in [0.15, 0.2) is 53.3 Å². The first-order chi connectivity index (χ1) is 12.2. The van der Waals surface area contributed by atoms with Crippen molar-refractivity contribution in [1.29, 1.82) is 0 Å². The Morgan fingerprint density at radius 2 is 2.08 bits per heavy atom. The summed E-state index contributed by atoms with van der Waals surface area (Å²) < 4.78 is 5.03. The molecule has 128 valence electrons. The minimum Gasteiger partial charge on any atom is -0.313 e. The molecule has 2 N–H and O–H groups in total. The number of benzene rings is 1. The number of hydrazine groups is 1. The van der Waals surface area contributed by atoms with Crippen molar-refractivity contribution in [3.05, 3.63) is 59.4 Å². The number of carbonyl (C=O) groups is 1. The Bertz CT molecular complexity index is 843. The van der Waals surface area contributed by atoms with Crippen LogP contribution in [0.5, 0.6) is 0 Å². The van der Waals surface area contributed by atoms with Crippen LogP contribution in [0.3, 0.4) is 0 Å². The number of nitrogens with one attached hydrogen (secondary N) is 2. The molecule has 2 aromatic heterocycles. The van der Waals surface area contributed by atoms with Gasteiger partial charge in [-0.15, -0.1) is 11.8 Å². The second kappa shape index (κ2) is 8.50. The van der Waals surface area contributed by atoms with E-state index in [4.69, 9.17) is 16.1 Å². The first-order valence-electron chi connectivity index (χ1n) is 7.32. The smallest absolute Gasteiger partial charge is 0.313 e. The third kappa shape index (κ3) is 5.20. The molecule has 0 spiro atoms. The molecule has 1 amide bonds. The van der Waals surface area contributed by atoms with Gasteiger partial charge in [0.05, 0.1) is 5.75 Å².